The topological polar surface area (TPSA) is 133 Å². The van der Waals surface area contributed by atoms with Crippen LogP contribution in [0.3, 0.4) is 0 Å². The van der Waals surface area contributed by atoms with Crippen LogP contribution < -0.4 is 11.2 Å². The molecule has 118 valence electrons. The van der Waals surface area contributed by atoms with E-state index in [4.69, 9.17) is 10.1 Å². The highest BCUT2D eigenvalue weighted by Gasteiger charge is 2.35. The Labute approximate surface area is 125 Å². The maximum Gasteiger partial charge on any atom is 0.387 e. The minimum atomic E-state index is -0.803. The van der Waals surface area contributed by atoms with E-state index < -0.39 is 29.7 Å². The molecule has 2 rings (SSSR count). The summed E-state index contributed by atoms with van der Waals surface area (Å²) in [4.78, 5) is 28.0. The number of aliphatic hydroxyl groups excluding tert-OH is 2. The predicted octanol–water partition coefficient (Wildman–Crippen LogP) is 0.526. The van der Waals surface area contributed by atoms with Crippen molar-refractivity contribution in [2.45, 2.75) is 44.6 Å². The van der Waals surface area contributed by atoms with Gasteiger partial charge in [-0.2, -0.15) is 0 Å². The van der Waals surface area contributed by atoms with Crippen molar-refractivity contribution in [2.75, 3.05) is 0 Å². The van der Waals surface area contributed by atoms with Crippen LogP contribution in [-0.2, 0) is 4.74 Å². The van der Waals surface area contributed by atoms with Crippen LogP contribution in [0.4, 0.5) is 0 Å². The molecule has 22 heavy (non-hydrogen) atoms. The molecule has 1 aliphatic rings. The molecule has 9 heteroatoms. The first-order chi connectivity index (χ1) is 10.4. The molecule has 0 aromatic carbocycles. The molecular formula is C13H17N4O5+. The zero-order valence-corrected chi connectivity index (χ0v) is 12.0. The zero-order chi connectivity index (χ0) is 16.3. The molecule has 1 aromatic heterocycles. The van der Waals surface area contributed by atoms with Gasteiger partial charge in [0.2, 0.25) is 5.39 Å². The summed E-state index contributed by atoms with van der Waals surface area (Å²) in [5.41, 5.74) is -0.694. The monoisotopic (exact) mass is 309 g/mol. The first-order valence-corrected chi connectivity index (χ1v) is 6.80. The van der Waals surface area contributed by atoms with Crippen LogP contribution in [-0.4, -0.2) is 32.0 Å². The number of aromatic amines is 1. The molecule has 3 atom stereocenters. The number of hydrogen-bond acceptors (Lipinski definition) is 6. The molecule has 3 unspecified atom stereocenters. The van der Waals surface area contributed by atoms with Gasteiger partial charge in [0.1, 0.15) is 6.23 Å². The van der Waals surface area contributed by atoms with Crippen molar-refractivity contribution in [2.24, 2.45) is 0 Å². The maximum absolute atomic E-state index is 11.8. The first-order valence-electron chi connectivity index (χ1n) is 6.80. The highest BCUT2D eigenvalue weighted by atomic mass is 16.5. The average Bonchev–Trinajstić information content (AvgIpc) is 2.82. The van der Waals surface area contributed by atoms with E-state index in [1.165, 1.54) is 10.8 Å². The van der Waals surface area contributed by atoms with E-state index in [-0.39, 0.29) is 18.6 Å². The number of H-pyrrole nitrogens is 1. The molecule has 1 fully saturated rings. The van der Waals surface area contributed by atoms with E-state index in [1.54, 1.807) is 6.92 Å². The Bertz CT molecular complexity index is 729. The Morgan fingerprint density at radius 3 is 3.05 bits per heavy atom. The zero-order valence-electron chi connectivity index (χ0n) is 12.0. The van der Waals surface area contributed by atoms with Gasteiger partial charge < -0.3 is 14.9 Å². The second kappa shape index (κ2) is 6.55. The number of aromatic nitrogens is 2. The number of hydrogen-bond donors (Lipinski definition) is 3. The van der Waals surface area contributed by atoms with Gasteiger partial charge in [0.15, 0.2) is 10.7 Å². The molecule has 1 aliphatic heterocycles. The van der Waals surface area contributed by atoms with Crippen LogP contribution in [0.5, 0.6) is 0 Å². The second-order valence-corrected chi connectivity index (χ2v) is 5.19. The summed E-state index contributed by atoms with van der Waals surface area (Å²) < 4.78 is 6.86. The first kappa shape index (κ1) is 15.9. The summed E-state index contributed by atoms with van der Waals surface area (Å²) in [6.07, 6.45) is 0.894. The third-order valence-electron chi connectivity index (χ3n) is 3.55. The molecule has 0 spiro atoms. The number of nitrogens with one attached hydrogen (secondary N) is 1. The van der Waals surface area contributed by atoms with E-state index in [9.17, 15) is 19.8 Å². The minimum absolute atomic E-state index is 0.140. The molecular weight excluding hydrogens is 292 g/mol. The summed E-state index contributed by atoms with van der Waals surface area (Å²) in [5.74, 6) is -0.140. The fraction of sp³-hybridized carbons (Fsp3) is 0.538. The third kappa shape index (κ3) is 3.41. The van der Waals surface area contributed by atoms with Crippen molar-refractivity contribution >= 4 is 0 Å². The highest BCUT2D eigenvalue weighted by Crippen LogP contribution is 2.30. The minimum Gasteiger partial charge on any atom is -0.505 e. The average molecular weight is 309 g/mol. The molecule has 0 radical (unpaired) electrons. The molecule has 0 aliphatic carbocycles. The van der Waals surface area contributed by atoms with Gasteiger partial charge >= 0.3 is 11.9 Å². The van der Waals surface area contributed by atoms with Gasteiger partial charge in [-0.05, 0) is 13.3 Å². The Morgan fingerprint density at radius 2 is 2.36 bits per heavy atom. The number of ether oxygens (including phenoxy) is 1. The van der Waals surface area contributed by atoms with Crippen molar-refractivity contribution < 1.29 is 14.9 Å². The van der Waals surface area contributed by atoms with Gasteiger partial charge in [-0.1, -0.05) is 0 Å². The van der Waals surface area contributed by atoms with E-state index in [0.29, 0.717) is 12.0 Å². The molecule has 3 N–H and O–H groups in total. The van der Waals surface area contributed by atoms with Crippen LogP contribution in [0.1, 0.15) is 31.1 Å². The van der Waals surface area contributed by atoms with Crippen LogP contribution >= 0.6 is 0 Å². The van der Waals surface area contributed by atoms with Gasteiger partial charge in [-0.15, -0.1) is 0 Å². The van der Waals surface area contributed by atoms with E-state index >= 15 is 0 Å². The lowest BCUT2D eigenvalue weighted by Gasteiger charge is -2.15. The summed E-state index contributed by atoms with van der Waals surface area (Å²) in [6, 6.07) is 0. The largest absolute Gasteiger partial charge is 0.505 e. The Hall–Kier alpha value is -2.44. The van der Waals surface area contributed by atoms with Crippen molar-refractivity contribution in [3.05, 3.63) is 49.5 Å². The number of diazo groups is 1. The SMILES string of the molecule is Cc1cn(C2CC(O)C(CC/C(O)=C\[N+]#N)O2)c(=O)[nH]c1=O. The Kier molecular flexibility index (Phi) is 4.75. The Balaban J connectivity index is 2.10. The lowest BCUT2D eigenvalue weighted by molar-refractivity contribution is -0.0250. The normalized spacial score (nSPS) is 25.1. The quantitative estimate of drug-likeness (QED) is 0.549. The number of rotatable bonds is 4. The lowest BCUT2D eigenvalue weighted by Crippen LogP contribution is -2.33. The molecule has 0 bridgehead atoms. The summed E-state index contributed by atoms with van der Waals surface area (Å²) in [5, 5.41) is 27.6. The van der Waals surface area contributed by atoms with Gasteiger partial charge in [0.25, 0.3) is 5.56 Å². The summed E-state index contributed by atoms with van der Waals surface area (Å²) >= 11 is 0. The van der Waals surface area contributed by atoms with E-state index in [2.05, 4.69) is 9.96 Å². The van der Waals surface area contributed by atoms with Crippen molar-refractivity contribution in [1.29, 1.82) is 5.39 Å². The molecule has 0 amide bonds. The molecule has 1 aromatic rings. The number of aryl methyl sites for hydroxylation is 1. The number of allylic oxidation sites excluding steroid dienone is 1. The van der Waals surface area contributed by atoms with Gasteiger partial charge in [-0.25, -0.2) is 4.79 Å². The second-order valence-electron chi connectivity index (χ2n) is 5.19. The van der Waals surface area contributed by atoms with E-state index in [1.807, 2.05) is 0 Å². The van der Waals surface area contributed by atoms with Crippen molar-refractivity contribution in [3.8, 4) is 0 Å². The molecule has 9 nitrogen and oxygen atoms in total. The van der Waals surface area contributed by atoms with Gasteiger partial charge in [0, 0.05) is 24.6 Å². The highest BCUT2D eigenvalue weighted by molar-refractivity contribution is 5.02. The predicted molar refractivity (Wildman–Crippen MR) is 75.6 cm³/mol. The van der Waals surface area contributed by atoms with Gasteiger partial charge in [-0.3, -0.25) is 14.3 Å². The third-order valence-corrected chi connectivity index (χ3v) is 3.55. The lowest BCUT2D eigenvalue weighted by atomic mass is 10.1. The fourth-order valence-corrected chi connectivity index (χ4v) is 2.37. The maximum atomic E-state index is 11.8. The number of aliphatic hydroxyl groups is 2. The smallest absolute Gasteiger partial charge is 0.387 e. The van der Waals surface area contributed by atoms with Gasteiger partial charge in [0.05, 0.1) is 12.2 Å². The Morgan fingerprint density at radius 1 is 1.64 bits per heavy atom. The summed E-state index contributed by atoms with van der Waals surface area (Å²) in [7, 11) is 0. The molecule has 0 saturated carbocycles. The van der Waals surface area contributed by atoms with Crippen LogP contribution in [0.2, 0.25) is 0 Å². The van der Waals surface area contributed by atoms with Crippen molar-refractivity contribution in [1.82, 2.24) is 9.55 Å². The summed E-state index contributed by atoms with van der Waals surface area (Å²) in [6.45, 7) is 1.57. The van der Waals surface area contributed by atoms with Crippen molar-refractivity contribution in [3.63, 3.8) is 0 Å². The van der Waals surface area contributed by atoms with Crippen LogP contribution in [0, 0.1) is 12.3 Å². The number of nitrogens with zero attached hydrogens (tertiary/aromatic N) is 3. The fourth-order valence-electron chi connectivity index (χ4n) is 2.37. The van der Waals surface area contributed by atoms with E-state index in [0.717, 1.165) is 6.20 Å². The van der Waals surface area contributed by atoms with Crippen LogP contribution in [0.15, 0.2) is 27.7 Å². The standard InChI is InChI=1S/C13H16N4O5/c1-7-6-17(13(21)16-12(7)20)11-4-9(19)10(22-11)3-2-8(18)5-15-14/h5-6,9-11,19H,2-4H2,1H3,(H-,16,18,20,21)/p+1/b8-5+. The van der Waals surface area contributed by atoms with Crippen LogP contribution in [0.25, 0.3) is 4.98 Å². The molecule has 1 saturated heterocycles. The molecule has 2 heterocycles.